The monoisotopic (exact) mass is 341 g/mol. The van der Waals surface area contributed by atoms with E-state index >= 15 is 0 Å². The van der Waals surface area contributed by atoms with E-state index in [2.05, 4.69) is 10.6 Å². The van der Waals surface area contributed by atoms with Crippen molar-refractivity contribution in [3.8, 4) is 6.07 Å². The van der Waals surface area contributed by atoms with Crippen molar-refractivity contribution in [2.45, 2.75) is 13.0 Å². The van der Waals surface area contributed by atoms with Crippen molar-refractivity contribution in [2.24, 2.45) is 0 Å². The van der Waals surface area contributed by atoms with Crippen LogP contribution in [0.2, 0.25) is 0 Å². The van der Waals surface area contributed by atoms with Crippen LogP contribution in [0.25, 0.3) is 0 Å². The predicted octanol–water partition coefficient (Wildman–Crippen LogP) is 1.45. The zero-order chi connectivity index (χ0) is 18.2. The molecule has 0 spiro atoms. The molecule has 0 bridgehead atoms. The second-order valence-electron chi connectivity index (χ2n) is 4.97. The van der Waals surface area contributed by atoms with Crippen molar-refractivity contribution in [3.05, 3.63) is 54.0 Å². The maximum atomic E-state index is 12.0. The Bertz CT molecular complexity index is 808. The van der Waals surface area contributed by atoms with Crippen molar-refractivity contribution in [1.29, 1.82) is 5.26 Å². The molecule has 0 aliphatic heterocycles. The number of hydrogen-bond donors (Lipinski definition) is 2. The molecule has 1 aromatic carbocycles. The number of amides is 2. The van der Waals surface area contributed by atoms with Crippen LogP contribution in [0.5, 0.6) is 0 Å². The Hall–Kier alpha value is -3.60. The van der Waals surface area contributed by atoms with E-state index in [0.717, 1.165) is 0 Å². The number of nitriles is 1. The average molecular weight is 341 g/mol. The SMILES string of the molecule is C[C@H](OC(=O)CNC(=O)c1ccco1)C(=O)Nc1cccc(C#N)c1. The maximum Gasteiger partial charge on any atom is 0.326 e. The largest absolute Gasteiger partial charge is 0.459 e. The summed E-state index contributed by atoms with van der Waals surface area (Å²) >= 11 is 0. The van der Waals surface area contributed by atoms with E-state index < -0.39 is 30.4 Å². The Kier molecular flexibility index (Phi) is 5.90. The quantitative estimate of drug-likeness (QED) is 0.767. The number of rotatable bonds is 6. The highest BCUT2D eigenvalue weighted by Gasteiger charge is 2.19. The topological polar surface area (TPSA) is 121 Å². The minimum atomic E-state index is -1.07. The van der Waals surface area contributed by atoms with Gasteiger partial charge in [0.2, 0.25) is 0 Å². The molecule has 0 radical (unpaired) electrons. The molecule has 1 aromatic heterocycles. The zero-order valence-electron chi connectivity index (χ0n) is 13.3. The fourth-order valence-electron chi connectivity index (χ4n) is 1.85. The second kappa shape index (κ2) is 8.31. The van der Waals surface area contributed by atoms with Gasteiger partial charge in [-0.2, -0.15) is 5.26 Å². The Morgan fingerprint density at radius 3 is 2.76 bits per heavy atom. The summed E-state index contributed by atoms with van der Waals surface area (Å²) in [5.74, 6) is -1.82. The van der Waals surface area contributed by atoms with E-state index in [-0.39, 0.29) is 5.76 Å². The van der Waals surface area contributed by atoms with Crippen molar-refractivity contribution in [2.75, 3.05) is 11.9 Å². The number of ether oxygens (including phenoxy) is 1. The number of anilines is 1. The molecule has 0 saturated carbocycles. The van der Waals surface area contributed by atoms with Crippen LogP contribution in [-0.4, -0.2) is 30.4 Å². The first-order valence-corrected chi connectivity index (χ1v) is 7.32. The van der Waals surface area contributed by atoms with E-state index in [9.17, 15) is 14.4 Å². The average Bonchev–Trinajstić information content (AvgIpc) is 3.14. The number of carbonyl (C=O) groups excluding carboxylic acids is 3. The van der Waals surface area contributed by atoms with Crippen LogP contribution in [0.15, 0.2) is 47.1 Å². The predicted molar refractivity (Wildman–Crippen MR) is 86.4 cm³/mol. The minimum Gasteiger partial charge on any atom is -0.459 e. The van der Waals surface area contributed by atoms with Gasteiger partial charge >= 0.3 is 5.97 Å². The van der Waals surface area contributed by atoms with Crippen LogP contribution >= 0.6 is 0 Å². The van der Waals surface area contributed by atoms with Crippen LogP contribution < -0.4 is 10.6 Å². The molecule has 128 valence electrons. The van der Waals surface area contributed by atoms with E-state index in [4.69, 9.17) is 14.4 Å². The van der Waals surface area contributed by atoms with Gasteiger partial charge in [0.05, 0.1) is 17.9 Å². The number of esters is 1. The molecule has 0 unspecified atom stereocenters. The molecule has 1 atom stereocenters. The summed E-state index contributed by atoms with van der Waals surface area (Å²) in [6.07, 6.45) is 0.264. The van der Waals surface area contributed by atoms with Gasteiger partial charge in [-0.05, 0) is 37.3 Å². The van der Waals surface area contributed by atoms with E-state index in [1.807, 2.05) is 6.07 Å². The number of carbonyl (C=O) groups is 3. The third-order valence-corrected chi connectivity index (χ3v) is 3.07. The maximum absolute atomic E-state index is 12.0. The van der Waals surface area contributed by atoms with E-state index in [1.54, 1.807) is 24.3 Å². The van der Waals surface area contributed by atoms with Gasteiger partial charge in [-0.1, -0.05) is 6.07 Å². The van der Waals surface area contributed by atoms with Gasteiger partial charge in [-0.15, -0.1) is 0 Å². The van der Waals surface area contributed by atoms with Crippen molar-refractivity contribution >= 4 is 23.5 Å². The lowest BCUT2D eigenvalue weighted by atomic mass is 10.2. The summed E-state index contributed by atoms with van der Waals surface area (Å²) < 4.78 is 9.83. The molecule has 25 heavy (non-hydrogen) atoms. The Labute approximate surface area is 143 Å². The molecule has 2 N–H and O–H groups in total. The zero-order valence-corrected chi connectivity index (χ0v) is 13.3. The first kappa shape index (κ1) is 17.7. The highest BCUT2D eigenvalue weighted by Crippen LogP contribution is 2.10. The summed E-state index contributed by atoms with van der Waals surface area (Å²) in [5.41, 5.74) is 0.807. The van der Waals surface area contributed by atoms with Crippen LogP contribution in [0, 0.1) is 11.3 Å². The fraction of sp³-hybridized carbons (Fsp3) is 0.176. The van der Waals surface area contributed by atoms with Gasteiger partial charge in [0, 0.05) is 5.69 Å². The summed E-state index contributed by atoms with van der Waals surface area (Å²) in [4.78, 5) is 35.3. The molecule has 0 saturated heterocycles. The van der Waals surface area contributed by atoms with E-state index in [0.29, 0.717) is 11.3 Å². The summed E-state index contributed by atoms with van der Waals surface area (Å²) in [6, 6.07) is 11.3. The number of furan rings is 1. The normalized spacial score (nSPS) is 11.0. The molecule has 8 heteroatoms. The molecular weight excluding hydrogens is 326 g/mol. The number of nitrogens with zero attached hydrogens (tertiary/aromatic N) is 1. The third-order valence-electron chi connectivity index (χ3n) is 3.07. The molecule has 0 aliphatic carbocycles. The van der Waals surface area contributed by atoms with Crippen molar-refractivity contribution < 1.29 is 23.5 Å². The highest BCUT2D eigenvalue weighted by atomic mass is 16.5. The van der Waals surface area contributed by atoms with Crippen LogP contribution in [0.4, 0.5) is 5.69 Å². The number of hydrogen-bond acceptors (Lipinski definition) is 6. The molecular formula is C17H15N3O5. The lowest BCUT2D eigenvalue weighted by Gasteiger charge is -2.13. The third kappa shape index (κ3) is 5.21. The standard InChI is InChI=1S/C17H15N3O5/c1-11(16(22)20-13-5-2-4-12(8-13)9-18)25-15(21)10-19-17(23)14-6-3-7-24-14/h2-8,11H,10H2,1H3,(H,19,23)(H,20,22)/t11-/m0/s1. The summed E-state index contributed by atoms with van der Waals surface area (Å²) in [6.45, 7) is 0.997. The molecule has 2 amide bonds. The van der Waals surface area contributed by atoms with Gasteiger partial charge in [0.1, 0.15) is 6.54 Å². The van der Waals surface area contributed by atoms with Crippen LogP contribution in [0.1, 0.15) is 23.0 Å². The van der Waals surface area contributed by atoms with Gasteiger partial charge < -0.3 is 19.8 Å². The second-order valence-corrected chi connectivity index (χ2v) is 4.97. The molecule has 2 aromatic rings. The van der Waals surface area contributed by atoms with Gasteiger partial charge in [0.25, 0.3) is 11.8 Å². The Morgan fingerprint density at radius 2 is 2.08 bits per heavy atom. The Morgan fingerprint density at radius 1 is 1.28 bits per heavy atom. The first-order chi connectivity index (χ1) is 12.0. The molecule has 2 rings (SSSR count). The fourth-order valence-corrected chi connectivity index (χ4v) is 1.85. The van der Waals surface area contributed by atoms with Gasteiger partial charge in [-0.3, -0.25) is 14.4 Å². The minimum absolute atomic E-state index is 0.0657. The molecule has 1 heterocycles. The molecule has 0 fully saturated rings. The number of nitrogens with one attached hydrogen (secondary N) is 2. The van der Waals surface area contributed by atoms with Crippen molar-refractivity contribution in [1.82, 2.24) is 5.32 Å². The smallest absolute Gasteiger partial charge is 0.326 e. The highest BCUT2D eigenvalue weighted by molar-refractivity contribution is 5.96. The Balaban J connectivity index is 1.80. The lowest BCUT2D eigenvalue weighted by Crippen LogP contribution is -2.35. The van der Waals surface area contributed by atoms with Crippen molar-refractivity contribution in [3.63, 3.8) is 0 Å². The molecule has 0 aliphatic rings. The lowest BCUT2D eigenvalue weighted by molar-refractivity contribution is -0.152. The number of benzene rings is 1. The van der Waals surface area contributed by atoms with Gasteiger partial charge in [-0.25, -0.2) is 0 Å². The van der Waals surface area contributed by atoms with Crippen LogP contribution in [0.3, 0.4) is 0 Å². The van der Waals surface area contributed by atoms with Crippen LogP contribution in [-0.2, 0) is 14.3 Å². The van der Waals surface area contributed by atoms with Gasteiger partial charge in [0.15, 0.2) is 11.9 Å². The first-order valence-electron chi connectivity index (χ1n) is 7.32. The summed E-state index contributed by atoms with van der Waals surface area (Å²) in [5, 5.41) is 13.7. The van der Waals surface area contributed by atoms with E-state index in [1.165, 1.54) is 25.3 Å². The summed E-state index contributed by atoms with van der Waals surface area (Å²) in [7, 11) is 0. The molecule has 8 nitrogen and oxygen atoms in total.